The minimum absolute atomic E-state index is 0.0532. The highest BCUT2D eigenvalue weighted by atomic mass is 16.5. The van der Waals surface area contributed by atoms with E-state index in [2.05, 4.69) is 50.1 Å². The van der Waals surface area contributed by atoms with E-state index >= 15 is 0 Å². The normalized spacial score (nSPS) is 9.40. The molecule has 12 heteroatoms. The number of nitrogens with one attached hydrogen (secondary N) is 1. The maximum Gasteiger partial charge on any atom is 0.247 e. The first kappa shape index (κ1) is 34.7. The molecule has 7 rings (SSSR count). The summed E-state index contributed by atoms with van der Waals surface area (Å²) in [6.07, 6.45) is 32.1. The van der Waals surface area contributed by atoms with Gasteiger partial charge < -0.3 is 9.72 Å². The van der Waals surface area contributed by atoms with Gasteiger partial charge in [0.2, 0.25) is 5.56 Å². The number of aromatic nitrogens is 10. The smallest absolute Gasteiger partial charge is 0.247 e. The Kier molecular flexibility index (Phi) is 24.4. The molecule has 0 saturated heterocycles. The molecule has 1 N–H and O–H groups in total. The molecule has 0 fully saturated rings. The van der Waals surface area contributed by atoms with E-state index in [1.807, 2.05) is 48.6 Å². The first-order valence-electron chi connectivity index (χ1n) is 12.6. The molecule has 6 aromatic heterocycles. The molecule has 0 spiro atoms. The first-order valence-corrected chi connectivity index (χ1v) is 12.6. The van der Waals surface area contributed by atoms with Crippen molar-refractivity contribution in [2.75, 3.05) is 6.61 Å². The third-order valence-electron chi connectivity index (χ3n) is 3.78. The van der Waals surface area contributed by atoms with E-state index in [0.717, 1.165) is 6.61 Å². The van der Waals surface area contributed by atoms with Crippen LogP contribution in [0.1, 0.15) is 0 Å². The fourth-order valence-corrected chi connectivity index (χ4v) is 2.05. The summed E-state index contributed by atoms with van der Waals surface area (Å²) in [6, 6.07) is 17.9. The number of H-pyrrole nitrogens is 1. The molecule has 0 atom stereocenters. The Labute approximate surface area is 250 Å². The standard InChI is InChI=1S/C5H5NO.C5H5N.C5H6O.4C4H4N2/c7-5-3-1-2-4-6-5;2*1-2-4-6-5-3-1;1-2-6-4-3-5-1;2*1-2-5-4-6-3-1;1-2-4-6-5-3-1/h1-4H,(H,6,7);1-5H;1-4H,5H2;4*1-4H. The summed E-state index contributed by atoms with van der Waals surface area (Å²) in [7, 11) is 0. The molecule has 1 aliphatic heterocycles. The minimum atomic E-state index is -0.0532. The second kappa shape index (κ2) is 30.2. The van der Waals surface area contributed by atoms with Crippen molar-refractivity contribution >= 4 is 0 Å². The fraction of sp³-hybridized carbons (Fsp3) is 0.0323. The van der Waals surface area contributed by atoms with E-state index in [4.69, 9.17) is 4.74 Å². The Morgan fingerprint density at radius 3 is 1.19 bits per heavy atom. The first-order chi connectivity index (χ1) is 21.4. The lowest BCUT2D eigenvalue weighted by Gasteiger charge is -1.94. The fourth-order valence-electron chi connectivity index (χ4n) is 2.05. The van der Waals surface area contributed by atoms with Crippen LogP contribution >= 0.6 is 0 Å². The van der Waals surface area contributed by atoms with Gasteiger partial charge in [-0.15, -0.1) is 0 Å². The predicted molar refractivity (Wildman–Crippen MR) is 164 cm³/mol. The average molecular weight is 577 g/mol. The second-order valence-corrected chi connectivity index (χ2v) is 6.96. The van der Waals surface area contributed by atoms with Crippen molar-refractivity contribution in [3.8, 4) is 0 Å². The van der Waals surface area contributed by atoms with Crippen LogP contribution in [0.3, 0.4) is 0 Å². The summed E-state index contributed by atoms with van der Waals surface area (Å²) in [5, 5.41) is 7.07. The summed E-state index contributed by atoms with van der Waals surface area (Å²) in [5.74, 6) is 0. The molecule has 1 aliphatic rings. The molecule has 0 amide bonds. The number of rotatable bonds is 0. The van der Waals surface area contributed by atoms with Crippen LogP contribution in [-0.2, 0) is 4.74 Å². The van der Waals surface area contributed by atoms with Gasteiger partial charge in [0.1, 0.15) is 19.3 Å². The third kappa shape index (κ3) is 28.5. The summed E-state index contributed by atoms with van der Waals surface area (Å²) in [5.41, 5.74) is -0.0532. The summed E-state index contributed by atoms with van der Waals surface area (Å²) in [6.45, 7) is 0.733. The number of hydrogen-bond acceptors (Lipinski definition) is 11. The van der Waals surface area contributed by atoms with E-state index in [9.17, 15) is 4.79 Å². The van der Waals surface area contributed by atoms with E-state index < -0.39 is 0 Å². The maximum absolute atomic E-state index is 10.2. The van der Waals surface area contributed by atoms with Crippen LogP contribution in [0.25, 0.3) is 0 Å². The van der Waals surface area contributed by atoms with Gasteiger partial charge in [-0.1, -0.05) is 18.2 Å². The Morgan fingerprint density at radius 2 is 1.02 bits per heavy atom. The van der Waals surface area contributed by atoms with E-state index in [1.54, 1.807) is 111 Å². The van der Waals surface area contributed by atoms with Gasteiger partial charge >= 0.3 is 0 Å². The van der Waals surface area contributed by atoms with Crippen molar-refractivity contribution in [2.24, 2.45) is 0 Å². The molecule has 0 bridgehead atoms. The van der Waals surface area contributed by atoms with Crippen molar-refractivity contribution < 1.29 is 4.74 Å². The number of nitrogens with zero attached hydrogens (tertiary/aromatic N) is 9. The Bertz CT molecular complexity index is 1090. The quantitative estimate of drug-likeness (QED) is 0.272. The lowest BCUT2D eigenvalue weighted by Crippen LogP contribution is -1.98. The monoisotopic (exact) mass is 576 g/mol. The van der Waals surface area contributed by atoms with Crippen molar-refractivity contribution in [2.45, 2.75) is 0 Å². The zero-order chi connectivity index (χ0) is 30.6. The zero-order valence-corrected chi connectivity index (χ0v) is 23.3. The molecule has 6 aromatic rings. The summed E-state index contributed by atoms with van der Waals surface area (Å²) >= 11 is 0. The largest absolute Gasteiger partial charge is 0.497 e. The van der Waals surface area contributed by atoms with Crippen LogP contribution < -0.4 is 5.56 Å². The highest BCUT2D eigenvalue weighted by Gasteiger charge is 1.75. The predicted octanol–water partition coefficient (Wildman–Crippen LogP) is 4.45. The second-order valence-electron chi connectivity index (χ2n) is 6.96. The van der Waals surface area contributed by atoms with Crippen molar-refractivity contribution in [1.29, 1.82) is 0 Å². The number of allylic oxidation sites excluding steroid dienone is 2. The van der Waals surface area contributed by atoms with Gasteiger partial charge in [0, 0.05) is 86.6 Å². The van der Waals surface area contributed by atoms with E-state index in [0.29, 0.717) is 0 Å². The molecule has 0 unspecified atom stereocenters. The molecule has 12 nitrogen and oxygen atoms in total. The summed E-state index contributed by atoms with van der Waals surface area (Å²) < 4.78 is 4.80. The van der Waals surface area contributed by atoms with E-state index in [-0.39, 0.29) is 5.56 Å². The molecule has 0 aliphatic carbocycles. The SMILES string of the molecule is C1=CCOC=C1.O=c1cccc[nH]1.c1ccncc1.c1ccnnc1.c1cnccn1.c1cncnc1.c1cncnc1. The van der Waals surface area contributed by atoms with Gasteiger partial charge in [-0.2, -0.15) is 10.2 Å². The van der Waals surface area contributed by atoms with Crippen LogP contribution in [0, 0.1) is 0 Å². The van der Waals surface area contributed by atoms with Crippen LogP contribution in [-0.4, -0.2) is 56.7 Å². The topological polar surface area (TPSA) is 158 Å². The van der Waals surface area contributed by atoms with Crippen molar-refractivity contribution in [3.63, 3.8) is 0 Å². The maximum atomic E-state index is 10.2. The summed E-state index contributed by atoms with van der Waals surface area (Å²) in [4.78, 5) is 38.6. The molecule has 0 saturated carbocycles. The molecule has 7 heterocycles. The van der Waals surface area contributed by atoms with Gasteiger partial charge in [-0.05, 0) is 54.6 Å². The highest BCUT2D eigenvalue weighted by Crippen LogP contribution is 1.87. The number of aromatic amines is 1. The molecule has 0 aromatic carbocycles. The Balaban J connectivity index is 0.000000251. The van der Waals surface area contributed by atoms with Crippen LogP contribution in [0.4, 0.5) is 0 Å². The Hall–Kier alpha value is -6.30. The average Bonchev–Trinajstić information content (AvgIpc) is 3.15. The number of pyridine rings is 2. The molecular weight excluding hydrogens is 544 g/mol. The van der Waals surface area contributed by atoms with Gasteiger partial charge in [0.05, 0.1) is 6.26 Å². The molecule has 0 radical (unpaired) electrons. The highest BCUT2D eigenvalue weighted by molar-refractivity contribution is 5.03. The molecule has 43 heavy (non-hydrogen) atoms. The zero-order valence-electron chi connectivity index (χ0n) is 23.3. The molecule has 218 valence electrons. The van der Waals surface area contributed by atoms with Gasteiger partial charge in [0.15, 0.2) is 0 Å². The van der Waals surface area contributed by atoms with Crippen LogP contribution in [0.2, 0.25) is 0 Å². The van der Waals surface area contributed by atoms with Crippen LogP contribution in [0.15, 0.2) is 183 Å². The van der Waals surface area contributed by atoms with Crippen molar-refractivity contribution in [1.82, 2.24) is 50.1 Å². The molecular formula is C31H32N10O2. The third-order valence-corrected chi connectivity index (χ3v) is 3.78. The Morgan fingerprint density at radius 1 is 0.512 bits per heavy atom. The van der Waals surface area contributed by atoms with Gasteiger partial charge in [-0.25, -0.2) is 19.9 Å². The number of ether oxygens (including phenoxy) is 1. The van der Waals surface area contributed by atoms with Crippen molar-refractivity contribution in [3.05, 3.63) is 189 Å². The van der Waals surface area contributed by atoms with Gasteiger partial charge in [0.25, 0.3) is 0 Å². The number of hydrogen-bond donors (Lipinski definition) is 1. The minimum Gasteiger partial charge on any atom is -0.497 e. The lowest BCUT2D eigenvalue weighted by atomic mass is 10.5. The van der Waals surface area contributed by atoms with E-state index in [1.165, 1.54) is 18.7 Å². The lowest BCUT2D eigenvalue weighted by molar-refractivity contribution is 0.286. The van der Waals surface area contributed by atoms with Crippen LogP contribution in [0.5, 0.6) is 0 Å². The van der Waals surface area contributed by atoms with Gasteiger partial charge in [-0.3, -0.25) is 19.7 Å².